The van der Waals surface area contributed by atoms with Gasteiger partial charge in [-0.25, -0.2) is 19.1 Å². The Hall–Kier alpha value is -2.49. The summed E-state index contributed by atoms with van der Waals surface area (Å²) in [5.41, 5.74) is 2.91. The van der Waals surface area contributed by atoms with E-state index in [9.17, 15) is 18.7 Å². The van der Waals surface area contributed by atoms with Crippen molar-refractivity contribution in [1.82, 2.24) is 10.5 Å². The number of rotatable bonds is 6. The third-order valence-corrected chi connectivity index (χ3v) is 5.68. The zero-order chi connectivity index (χ0) is 20.1. The molecular formula is C19H19F2N3O3S. The van der Waals surface area contributed by atoms with E-state index in [0.717, 1.165) is 40.5 Å². The molecule has 0 saturated carbocycles. The van der Waals surface area contributed by atoms with Crippen molar-refractivity contribution in [2.75, 3.05) is 13.7 Å². The van der Waals surface area contributed by atoms with Crippen molar-refractivity contribution in [3.8, 4) is 0 Å². The van der Waals surface area contributed by atoms with Crippen LogP contribution in [0.5, 0.6) is 0 Å². The average Bonchev–Trinajstić information content (AvgIpc) is 3.10. The fourth-order valence-corrected chi connectivity index (χ4v) is 4.42. The first-order chi connectivity index (χ1) is 13.5. The number of benzene rings is 2. The molecule has 1 atom stereocenters. The maximum atomic E-state index is 14.4. The predicted octanol–water partition coefficient (Wildman–Crippen LogP) is 3.57. The van der Waals surface area contributed by atoms with Gasteiger partial charge in [0.15, 0.2) is 0 Å². The van der Waals surface area contributed by atoms with E-state index in [2.05, 4.69) is 10.6 Å². The summed E-state index contributed by atoms with van der Waals surface area (Å²) in [6.07, 6.45) is 0.701. The highest BCUT2D eigenvalue weighted by molar-refractivity contribution is 8.15. The lowest BCUT2D eigenvalue weighted by Gasteiger charge is -2.35. The fourth-order valence-electron chi connectivity index (χ4n) is 3.01. The van der Waals surface area contributed by atoms with Crippen LogP contribution in [0.1, 0.15) is 24.0 Å². The Balaban J connectivity index is 2.12. The van der Waals surface area contributed by atoms with E-state index in [1.807, 2.05) is 30.3 Å². The van der Waals surface area contributed by atoms with Crippen LogP contribution in [0, 0.1) is 11.6 Å². The van der Waals surface area contributed by atoms with Crippen LogP contribution in [-0.2, 0) is 9.71 Å². The van der Waals surface area contributed by atoms with Crippen LogP contribution < -0.4 is 5.48 Å². The first kappa shape index (κ1) is 20.2. The zero-order valence-corrected chi connectivity index (χ0v) is 15.9. The van der Waals surface area contributed by atoms with Gasteiger partial charge in [-0.15, -0.1) is 0 Å². The summed E-state index contributed by atoms with van der Waals surface area (Å²) in [6.45, 7) is -0.0987. The lowest BCUT2D eigenvalue weighted by molar-refractivity contribution is 0.0723. The molecule has 2 aromatic carbocycles. The molecule has 0 spiro atoms. The van der Waals surface area contributed by atoms with Gasteiger partial charge in [0.05, 0.1) is 7.11 Å². The summed E-state index contributed by atoms with van der Waals surface area (Å²) >= 11 is 1.13. The van der Waals surface area contributed by atoms with Crippen molar-refractivity contribution in [3.63, 3.8) is 0 Å². The van der Waals surface area contributed by atoms with Crippen molar-refractivity contribution in [1.29, 1.82) is 0 Å². The third kappa shape index (κ3) is 3.87. The molecule has 148 valence electrons. The van der Waals surface area contributed by atoms with Crippen molar-refractivity contribution in [2.24, 2.45) is 5.10 Å². The SMILES string of the molecule is CONC(=O)N1N=C(c2cc(F)ccc2F)SC1(CCCO)c1ccccc1. The first-order valence-corrected chi connectivity index (χ1v) is 9.36. The highest BCUT2D eigenvalue weighted by atomic mass is 32.2. The van der Waals surface area contributed by atoms with Crippen molar-refractivity contribution >= 4 is 22.8 Å². The Kier molecular flexibility index (Phi) is 6.28. The number of aliphatic hydroxyl groups excluding tert-OH is 1. The van der Waals surface area contributed by atoms with Gasteiger partial charge >= 0.3 is 6.03 Å². The van der Waals surface area contributed by atoms with Crippen LogP contribution in [0.25, 0.3) is 0 Å². The van der Waals surface area contributed by atoms with Crippen molar-refractivity contribution in [2.45, 2.75) is 17.7 Å². The van der Waals surface area contributed by atoms with Crippen LogP contribution in [-0.4, -0.2) is 34.9 Å². The smallest absolute Gasteiger partial charge is 0.363 e. The molecule has 28 heavy (non-hydrogen) atoms. The standard InChI is InChI=1S/C19H19F2N3O3S/c1-27-23-18(26)24-19(10-5-11-25,13-6-3-2-4-7-13)28-17(22-24)15-12-14(20)8-9-16(15)21/h2-4,6-9,12,25H,5,10-11H2,1H3,(H,23,26). The second-order valence-electron chi connectivity index (χ2n) is 6.03. The Labute approximate surface area is 165 Å². The molecule has 1 unspecified atom stereocenters. The minimum Gasteiger partial charge on any atom is -0.396 e. The van der Waals surface area contributed by atoms with E-state index in [1.54, 1.807) is 0 Å². The molecule has 2 amide bonds. The molecule has 0 fully saturated rings. The summed E-state index contributed by atoms with van der Waals surface area (Å²) in [5.74, 6) is -1.26. The molecule has 1 aliphatic rings. The number of thioether (sulfide) groups is 1. The number of nitrogens with one attached hydrogen (secondary N) is 1. The lowest BCUT2D eigenvalue weighted by Crippen LogP contribution is -2.46. The molecule has 2 N–H and O–H groups in total. The molecule has 6 nitrogen and oxygen atoms in total. The Bertz CT molecular complexity index is 882. The number of carbonyl (C=O) groups excluding carboxylic acids is 1. The second-order valence-corrected chi connectivity index (χ2v) is 7.30. The Morgan fingerprint density at radius 1 is 1.29 bits per heavy atom. The largest absolute Gasteiger partial charge is 0.396 e. The van der Waals surface area contributed by atoms with Gasteiger partial charge in [0, 0.05) is 12.2 Å². The quantitative estimate of drug-likeness (QED) is 0.718. The Morgan fingerprint density at radius 3 is 2.71 bits per heavy atom. The molecule has 9 heteroatoms. The maximum Gasteiger partial charge on any atom is 0.363 e. The van der Waals surface area contributed by atoms with E-state index in [1.165, 1.54) is 7.11 Å². The van der Waals surface area contributed by atoms with Crippen LogP contribution in [0.2, 0.25) is 0 Å². The number of carbonyl (C=O) groups is 1. The van der Waals surface area contributed by atoms with Gasteiger partial charge in [0.1, 0.15) is 21.5 Å². The summed E-state index contributed by atoms with van der Waals surface area (Å²) in [4.78, 5) is 16.3. The number of hydroxylamine groups is 1. The topological polar surface area (TPSA) is 74.2 Å². The molecule has 1 aliphatic heterocycles. The van der Waals surface area contributed by atoms with E-state index >= 15 is 0 Å². The van der Waals surface area contributed by atoms with Gasteiger partial charge in [-0.3, -0.25) is 4.84 Å². The molecular weight excluding hydrogens is 388 g/mol. The summed E-state index contributed by atoms with van der Waals surface area (Å²) in [7, 11) is 1.29. The van der Waals surface area contributed by atoms with Gasteiger partial charge < -0.3 is 5.11 Å². The van der Waals surface area contributed by atoms with E-state index < -0.39 is 22.5 Å². The molecule has 2 aromatic rings. The third-order valence-electron chi connectivity index (χ3n) is 4.24. The summed E-state index contributed by atoms with van der Waals surface area (Å²) in [6, 6.07) is 11.5. The average molecular weight is 407 g/mol. The van der Waals surface area contributed by atoms with Gasteiger partial charge in [-0.1, -0.05) is 42.1 Å². The van der Waals surface area contributed by atoms with Gasteiger partial charge in [0.25, 0.3) is 0 Å². The van der Waals surface area contributed by atoms with Crippen LogP contribution >= 0.6 is 11.8 Å². The van der Waals surface area contributed by atoms with Gasteiger partial charge in [-0.05, 0) is 36.6 Å². The van der Waals surface area contributed by atoms with Gasteiger partial charge in [-0.2, -0.15) is 10.1 Å². The van der Waals surface area contributed by atoms with Gasteiger partial charge in [0.2, 0.25) is 0 Å². The molecule has 3 rings (SSSR count). The number of hydrogen-bond donors (Lipinski definition) is 2. The van der Waals surface area contributed by atoms with Crippen LogP contribution in [0.15, 0.2) is 53.6 Å². The molecule has 0 aliphatic carbocycles. The maximum absolute atomic E-state index is 14.4. The normalized spacial score (nSPS) is 18.9. The minimum absolute atomic E-state index is 0.0398. The summed E-state index contributed by atoms with van der Waals surface area (Å²) in [5, 5.41) is 15.0. The van der Waals surface area contributed by atoms with E-state index in [-0.39, 0.29) is 17.2 Å². The molecule has 0 radical (unpaired) electrons. The zero-order valence-electron chi connectivity index (χ0n) is 15.1. The number of halogens is 2. The van der Waals surface area contributed by atoms with Crippen LogP contribution in [0.4, 0.5) is 13.6 Å². The number of urea groups is 1. The minimum atomic E-state index is -1.05. The van der Waals surface area contributed by atoms with Crippen molar-refractivity contribution < 1.29 is 23.5 Å². The van der Waals surface area contributed by atoms with E-state index in [4.69, 9.17) is 4.84 Å². The molecule has 0 saturated heterocycles. The molecule has 0 bridgehead atoms. The predicted molar refractivity (Wildman–Crippen MR) is 102 cm³/mol. The first-order valence-electron chi connectivity index (χ1n) is 8.54. The number of nitrogens with zero attached hydrogens (tertiary/aromatic N) is 2. The number of hydrogen-bond acceptors (Lipinski definition) is 5. The number of amides is 2. The van der Waals surface area contributed by atoms with Crippen molar-refractivity contribution in [3.05, 3.63) is 71.3 Å². The monoisotopic (exact) mass is 407 g/mol. The molecule has 1 heterocycles. The highest BCUT2D eigenvalue weighted by Gasteiger charge is 2.48. The fraction of sp³-hybridized carbons (Fsp3) is 0.263. The summed E-state index contributed by atoms with van der Waals surface area (Å²) < 4.78 is 28.1. The van der Waals surface area contributed by atoms with E-state index in [0.29, 0.717) is 12.8 Å². The Morgan fingerprint density at radius 2 is 2.04 bits per heavy atom. The molecule has 0 aromatic heterocycles. The second kappa shape index (κ2) is 8.68. The highest BCUT2D eigenvalue weighted by Crippen LogP contribution is 2.50. The van der Waals surface area contributed by atoms with Crippen LogP contribution in [0.3, 0.4) is 0 Å². The number of hydrazone groups is 1. The number of aliphatic hydroxyl groups is 1. The lowest BCUT2D eigenvalue weighted by atomic mass is 10.0.